The predicted molar refractivity (Wildman–Crippen MR) is 63.5 cm³/mol. The molecule has 0 unspecified atom stereocenters. The molecule has 0 heterocycles. The number of aryl methyl sites for hydroxylation is 1. The zero-order chi connectivity index (χ0) is 10.9. The molecular formula is C13H20N2. The van der Waals surface area contributed by atoms with Gasteiger partial charge in [0.2, 0.25) is 0 Å². The van der Waals surface area contributed by atoms with Gasteiger partial charge in [-0.3, -0.25) is 0 Å². The first-order valence-electron chi connectivity index (χ1n) is 5.72. The quantitative estimate of drug-likeness (QED) is 0.735. The van der Waals surface area contributed by atoms with Crippen molar-refractivity contribution >= 4 is 0 Å². The average molecular weight is 204 g/mol. The lowest BCUT2D eigenvalue weighted by Crippen LogP contribution is -2.43. The summed E-state index contributed by atoms with van der Waals surface area (Å²) in [5.41, 5.74) is 14.8. The van der Waals surface area contributed by atoms with Crippen molar-refractivity contribution in [3.8, 4) is 0 Å². The Morgan fingerprint density at radius 2 is 1.67 bits per heavy atom. The topological polar surface area (TPSA) is 52.0 Å². The zero-order valence-corrected chi connectivity index (χ0v) is 9.37. The van der Waals surface area contributed by atoms with Crippen molar-refractivity contribution in [2.75, 3.05) is 0 Å². The summed E-state index contributed by atoms with van der Waals surface area (Å²) < 4.78 is 0. The minimum absolute atomic E-state index is 0.135. The van der Waals surface area contributed by atoms with Crippen LogP contribution in [0, 0.1) is 6.92 Å². The van der Waals surface area contributed by atoms with Crippen LogP contribution >= 0.6 is 0 Å². The lowest BCUT2D eigenvalue weighted by atomic mass is 9.76. The van der Waals surface area contributed by atoms with Crippen LogP contribution in [0.4, 0.5) is 0 Å². The molecular weight excluding hydrogens is 184 g/mol. The van der Waals surface area contributed by atoms with E-state index in [4.69, 9.17) is 11.5 Å². The lowest BCUT2D eigenvalue weighted by Gasteiger charge is -2.36. The average Bonchev–Trinajstić information content (AvgIpc) is 2.24. The van der Waals surface area contributed by atoms with Crippen LogP contribution in [-0.4, -0.2) is 6.04 Å². The molecule has 1 fully saturated rings. The third-order valence-corrected chi connectivity index (χ3v) is 3.55. The number of benzene rings is 1. The molecule has 0 saturated heterocycles. The Balaban J connectivity index is 2.18. The maximum atomic E-state index is 6.44. The summed E-state index contributed by atoms with van der Waals surface area (Å²) in [5.74, 6) is 0. The summed E-state index contributed by atoms with van der Waals surface area (Å²) in [7, 11) is 0. The normalized spacial score (nSPS) is 31.5. The molecule has 0 aliphatic heterocycles. The monoisotopic (exact) mass is 204 g/mol. The van der Waals surface area contributed by atoms with Gasteiger partial charge in [-0.05, 0) is 38.2 Å². The highest BCUT2D eigenvalue weighted by atomic mass is 14.8. The second kappa shape index (κ2) is 3.95. The Hall–Kier alpha value is -0.860. The SMILES string of the molecule is Cc1ccc(C2(N)CCC(N)CC2)cc1. The molecule has 0 bridgehead atoms. The van der Waals surface area contributed by atoms with Crippen LogP contribution in [-0.2, 0) is 5.54 Å². The third-order valence-electron chi connectivity index (χ3n) is 3.55. The Bertz CT molecular complexity index is 321. The van der Waals surface area contributed by atoms with Gasteiger partial charge in [-0.25, -0.2) is 0 Å². The number of rotatable bonds is 1. The second-order valence-corrected chi connectivity index (χ2v) is 4.86. The van der Waals surface area contributed by atoms with E-state index in [1.165, 1.54) is 11.1 Å². The van der Waals surface area contributed by atoms with E-state index >= 15 is 0 Å². The number of nitrogens with two attached hydrogens (primary N) is 2. The number of hydrogen-bond donors (Lipinski definition) is 2. The predicted octanol–water partition coefficient (Wildman–Crippen LogP) is 2.05. The fraction of sp³-hybridized carbons (Fsp3) is 0.538. The van der Waals surface area contributed by atoms with E-state index in [2.05, 4.69) is 31.2 Å². The van der Waals surface area contributed by atoms with Crippen LogP contribution in [0.15, 0.2) is 24.3 Å². The Labute approximate surface area is 91.7 Å². The van der Waals surface area contributed by atoms with Crippen LogP contribution in [0.5, 0.6) is 0 Å². The highest BCUT2D eigenvalue weighted by Gasteiger charge is 2.31. The fourth-order valence-corrected chi connectivity index (χ4v) is 2.33. The van der Waals surface area contributed by atoms with Gasteiger partial charge in [0.25, 0.3) is 0 Å². The molecule has 2 nitrogen and oxygen atoms in total. The van der Waals surface area contributed by atoms with Gasteiger partial charge in [-0.2, -0.15) is 0 Å². The minimum atomic E-state index is -0.135. The first-order chi connectivity index (χ1) is 7.10. The van der Waals surface area contributed by atoms with Crippen molar-refractivity contribution in [2.45, 2.75) is 44.2 Å². The van der Waals surface area contributed by atoms with Gasteiger partial charge in [0, 0.05) is 11.6 Å². The van der Waals surface area contributed by atoms with Crippen molar-refractivity contribution < 1.29 is 0 Å². The molecule has 0 aromatic heterocycles. The van der Waals surface area contributed by atoms with Crippen LogP contribution < -0.4 is 11.5 Å². The molecule has 4 N–H and O–H groups in total. The molecule has 2 heteroatoms. The molecule has 15 heavy (non-hydrogen) atoms. The maximum absolute atomic E-state index is 6.44. The van der Waals surface area contributed by atoms with Crippen molar-refractivity contribution in [3.05, 3.63) is 35.4 Å². The summed E-state index contributed by atoms with van der Waals surface area (Å²) in [5, 5.41) is 0. The highest BCUT2D eigenvalue weighted by Crippen LogP contribution is 2.34. The molecule has 0 spiro atoms. The zero-order valence-electron chi connectivity index (χ0n) is 9.37. The highest BCUT2D eigenvalue weighted by molar-refractivity contribution is 5.28. The van der Waals surface area contributed by atoms with E-state index in [9.17, 15) is 0 Å². The van der Waals surface area contributed by atoms with E-state index in [-0.39, 0.29) is 5.54 Å². The molecule has 0 atom stereocenters. The summed E-state index contributed by atoms with van der Waals surface area (Å²) in [6.07, 6.45) is 4.11. The summed E-state index contributed by atoms with van der Waals surface area (Å²) in [6, 6.07) is 8.95. The summed E-state index contributed by atoms with van der Waals surface area (Å²) >= 11 is 0. The van der Waals surface area contributed by atoms with Crippen LogP contribution in [0.3, 0.4) is 0 Å². The lowest BCUT2D eigenvalue weighted by molar-refractivity contribution is 0.277. The van der Waals surface area contributed by atoms with Gasteiger partial charge in [-0.15, -0.1) is 0 Å². The van der Waals surface area contributed by atoms with E-state index < -0.39 is 0 Å². The van der Waals surface area contributed by atoms with Crippen molar-refractivity contribution in [1.29, 1.82) is 0 Å². The largest absolute Gasteiger partial charge is 0.328 e. The first kappa shape index (κ1) is 10.7. The van der Waals surface area contributed by atoms with Crippen molar-refractivity contribution in [1.82, 2.24) is 0 Å². The maximum Gasteiger partial charge on any atom is 0.0410 e. The van der Waals surface area contributed by atoms with Crippen LogP contribution in [0.2, 0.25) is 0 Å². The molecule has 1 aliphatic carbocycles. The van der Waals surface area contributed by atoms with Crippen LogP contribution in [0.25, 0.3) is 0 Å². The second-order valence-electron chi connectivity index (χ2n) is 4.86. The smallest absolute Gasteiger partial charge is 0.0410 e. The van der Waals surface area contributed by atoms with E-state index in [1.54, 1.807) is 0 Å². The molecule has 0 radical (unpaired) electrons. The summed E-state index contributed by atoms with van der Waals surface area (Å²) in [4.78, 5) is 0. The molecule has 0 amide bonds. The minimum Gasteiger partial charge on any atom is -0.328 e. The number of hydrogen-bond acceptors (Lipinski definition) is 2. The Morgan fingerprint density at radius 1 is 1.13 bits per heavy atom. The van der Waals surface area contributed by atoms with Gasteiger partial charge in [0.1, 0.15) is 0 Å². The fourth-order valence-electron chi connectivity index (χ4n) is 2.33. The van der Waals surface area contributed by atoms with Gasteiger partial charge in [-0.1, -0.05) is 29.8 Å². The first-order valence-corrected chi connectivity index (χ1v) is 5.72. The Kier molecular flexibility index (Phi) is 2.81. The Morgan fingerprint density at radius 3 is 2.20 bits per heavy atom. The van der Waals surface area contributed by atoms with E-state index in [1.807, 2.05) is 0 Å². The van der Waals surface area contributed by atoms with E-state index in [0.717, 1.165) is 25.7 Å². The van der Waals surface area contributed by atoms with Gasteiger partial charge in [0.15, 0.2) is 0 Å². The van der Waals surface area contributed by atoms with E-state index in [0.29, 0.717) is 6.04 Å². The molecule has 1 saturated carbocycles. The molecule has 2 rings (SSSR count). The van der Waals surface area contributed by atoms with Crippen molar-refractivity contribution in [2.24, 2.45) is 11.5 Å². The standard InChI is InChI=1S/C13H20N2/c1-10-2-4-11(5-3-10)13(15)8-6-12(14)7-9-13/h2-5,12H,6-9,14-15H2,1H3. The molecule has 1 aliphatic rings. The van der Waals surface area contributed by atoms with Crippen molar-refractivity contribution in [3.63, 3.8) is 0 Å². The van der Waals surface area contributed by atoms with Crippen LogP contribution in [0.1, 0.15) is 36.8 Å². The van der Waals surface area contributed by atoms with Gasteiger partial charge in [0.05, 0.1) is 0 Å². The third kappa shape index (κ3) is 2.21. The van der Waals surface area contributed by atoms with Gasteiger partial charge >= 0.3 is 0 Å². The summed E-state index contributed by atoms with van der Waals surface area (Å²) in [6.45, 7) is 2.10. The molecule has 1 aromatic carbocycles. The molecule has 1 aromatic rings. The van der Waals surface area contributed by atoms with Gasteiger partial charge < -0.3 is 11.5 Å². The molecule has 82 valence electrons.